The number of hydrogen-bond acceptors (Lipinski definition) is 4. The Morgan fingerprint density at radius 1 is 1.09 bits per heavy atom. The summed E-state index contributed by atoms with van der Waals surface area (Å²) in [5, 5.41) is 0.725. The molecule has 2 saturated heterocycles. The lowest BCUT2D eigenvalue weighted by molar-refractivity contribution is -0.137. The van der Waals surface area contributed by atoms with Gasteiger partial charge in [0.25, 0.3) is 0 Å². The lowest BCUT2D eigenvalue weighted by Crippen LogP contribution is -2.46. The summed E-state index contributed by atoms with van der Waals surface area (Å²) in [6.07, 6.45) is -1.30. The molecule has 1 aliphatic carbocycles. The number of H-pyrrole nitrogens is 1. The Hall–Kier alpha value is -1.58. The van der Waals surface area contributed by atoms with Crippen LogP contribution in [0.3, 0.4) is 0 Å². The molecule has 3 aliphatic rings. The third-order valence-corrected chi connectivity index (χ3v) is 9.70. The number of sulfone groups is 1. The van der Waals surface area contributed by atoms with Crippen LogP contribution in [0.5, 0.6) is 0 Å². The van der Waals surface area contributed by atoms with Crippen molar-refractivity contribution in [3.8, 4) is 0 Å². The molecule has 5 nitrogen and oxygen atoms in total. The summed E-state index contributed by atoms with van der Waals surface area (Å²) in [7, 11) is -2.84. The van der Waals surface area contributed by atoms with Crippen molar-refractivity contribution in [3.05, 3.63) is 35.0 Å². The van der Waals surface area contributed by atoms with E-state index in [1.807, 2.05) is 0 Å². The van der Waals surface area contributed by atoms with Gasteiger partial charge in [0, 0.05) is 36.2 Å². The fraction of sp³-hybridized carbons (Fsp3) is 0.667. The van der Waals surface area contributed by atoms with Gasteiger partial charge >= 0.3 is 6.18 Å². The van der Waals surface area contributed by atoms with Crippen molar-refractivity contribution in [1.82, 2.24) is 14.8 Å². The molecular weight excluding hydrogens is 451 g/mol. The monoisotopic (exact) mass is 483 g/mol. The number of aromatic amines is 1. The van der Waals surface area contributed by atoms with E-state index in [0.29, 0.717) is 24.9 Å². The van der Waals surface area contributed by atoms with E-state index in [2.05, 4.69) is 21.7 Å². The van der Waals surface area contributed by atoms with Gasteiger partial charge in [0.1, 0.15) is 0 Å². The highest BCUT2D eigenvalue weighted by atomic mass is 32.2. The Morgan fingerprint density at radius 3 is 2.55 bits per heavy atom. The summed E-state index contributed by atoms with van der Waals surface area (Å²) in [5.41, 5.74) is 2.42. The van der Waals surface area contributed by atoms with E-state index in [1.54, 1.807) is 6.07 Å². The van der Waals surface area contributed by atoms with Crippen LogP contribution in [-0.2, 0) is 22.4 Å². The molecular formula is C24H32F3N3O2S. The van der Waals surface area contributed by atoms with Gasteiger partial charge in [0.05, 0.1) is 17.1 Å². The van der Waals surface area contributed by atoms with Crippen LogP contribution in [0.4, 0.5) is 13.2 Å². The van der Waals surface area contributed by atoms with Crippen LogP contribution < -0.4 is 0 Å². The average molecular weight is 484 g/mol. The molecule has 2 fully saturated rings. The van der Waals surface area contributed by atoms with Crippen LogP contribution in [0, 0.1) is 11.8 Å². The van der Waals surface area contributed by atoms with Gasteiger partial charge in [-0.1, -0.05) is 6.92 Å². The van der Waals surface area contributed by atoms with Crippen molar-refractivity contribution in [2.24, 2.45) is 11.8 Å². The standard InChI is InChI=1S/C24H32F3N3O2S/c1-16-20-15-30(7-2-6-29-9-11-33(31,32)12-10-29)8-5-17(20)13-22-23(16)19-14-18(24(25,26)27)3-4-21(19)28-22/h3-4,14,16-17,20,28H,2,5-13,15H2,1H3/t16?,17?,20-/m1/s1. The van der Waals surface area contributed by atoms with Gasteiger partial charge in [-0.15, -0.1) is 0 Å². The number of fused-ring (bicyclic) bond motifs is 4. The molecule has 33 heavy (non-hydrogen) atoms. The number of nitrogens with one attached hydrogen (secondary N) is 1. The number of nitrogens with zero attached hydrogens (tertiary/aromatic N) is 2. The summed E-state index contributed by atoms with van der Waals surface area (Å²) in [6.45, 7) is 7.38. The third-order valence-electron chi connectivity index (χ3n) is 8.09. The second kappa shape index (κ2) is 8.57. The minimum Gasteiger partial charge on any atom is -0.358 e. The molecule has 9 heteroatoms. The van der Waals surface area contributed by atoms with Gasteiger partial charge < -0.3 is 14.8 Å². The quantitative estimate of drug-likeness (QED) is 0.717. The Morgan fingerprint density at radius 2 is 1.82 bits per heavy atom. The number of piperidine rings is 1. The average Bonchev–Trinajstić information content (AvgIpc) is 3.12. The predicted molar refractivity (Wildman–Crippen MR) is 123 cm³/mol. The van der Waals surface area contributed by atoms with Crippen molar-refractivity contribution in [1.29, 1.82) is 0 Å². The number of hydrogen-bond donors (Lipinski definition) is 1. The fourth-order valence-corrected chi connectivity index (χ4v) is 7.49. The van der Waals surface area contributed by atoms with E-state index in [0.717, 1.165) is 67.6 Å². The van der Waals surface area contributed by atoms with E-state index < -0.39 is 21.6 Å². The molecule has 0 bridgehead atoms. The molecule has 2 aromatic rings. The maximum absolute atomic E-state index is 13.3. The Bertz CT molecular complexity index is 1110. The zero-order valence-corrected chi connectivity index (χ0v) is 19.8. The van der Waals surface area contributed by atoms with Gasteiger partial charge in [0.15, 0.2) is 9.84 Å². The fourth-order valence-electron chi connectivity index (χ4n) is 6.22. The molecule has 0 spiro atoms. The van der Waals surface area contributed by atoms with Crippen LogP contribution in [0.15, 0.2) is 18.2 Å². The summed E-state index contributed by atoms with van der Waals surface area (Å²) in [6, 6.07) is 4.06. The Balaban J connectivity index is 1.25. The zero-order chi connectivity index (χ0) is 23.4. The molecule has 1 N–H and O–H groups in total. The lowest BCUT2D eigenvalue weighted by atomic mass is 9.68. The van der Waals surface area contributed by atoms with Crippen molar-refractivity contribution in [3.63, 3.8) is 0 Å². The first-order valence-electron chi connectivity index (χ1n) is 12.0. The van der Waals surface area contributed by atoms with E-state index in [-0.39, 0.29) is 17.4 Å². The Kier molecular flexibility index (Phi) is 6.02. The third kappa shape index (κ3) is 4.68. The maximum atomic E-state index is 13.3. The highest BCUT2D eigenvalue weighted by Gasteiger charge is 2.40. The van der Waals surface area contributed by atoms with E-state index in [9.17, 15) is 21.6 Å². The highest BCUT2D eigenvalue weighted by Crippen LogP contribution is 2.46. The summed E-state index contributed by atoms with van der Waals surface area (Å²) >= 11 is 0. The Labute approximate surface area is 193 Å². The van der Waals surface area contributed by atoms with Gasteiger partial charge in [-0.2, -0.15) is 13.2 Å². The van der Waals surface area contributed by atoms with Crippen molar-refractivity contribution in [2.45, 2.75) is 38.3 Å². The number of likely N-dealkylation sites (tertiary alicyclic amines) is 1. The molecule has 2 unspecified atom stereocenters. The number of rotatable bonds is 4. The van der Waals surface area contributed by atoms with Gasteiger partial charge in [-0.05, 0) is 80.4 Å². The van der Waals surface area contributed by atoms with Crippen LogP contribution in [-0.4, -0.2) is 74.0 Å². The largest absolute Gasteiger partial charge is 0.416 e. The molecule has 3 atom stereocenters. The SMILES string of the molecule is CC1c2c([nH]c3ccc(C(F)(F)F)cc23)CC2CCN(CCCN3CCS(=O)(=O)CC3)C[C@@H]21. The second-order valence-corrected chi connectivity index (χ2v) is 12.4. The normalized spacial score (nSPS) is 28.5. The second-order valence-electron chi connectivity index (χ2n) is 10.1. The van der Waals surface area contributed by atoms with Crippen LogP contribution in [0.2, 0.25) is 0 Å². The first kappa shape index (κ1) is 23.2. The van der Waals surface area contributed by atoms with Gasteiger partial charge in [-0.3, -0.25) is 0 Å². The number of benzene rings is 1. The smallest absolute Gasteiger partial charge is 0.358 e. The molecule has 0 amide bonds. The van der Waals surface area contributed by atoms with E-state index >= 15 is 0 Å². The zero-order valence-electron chi connectivity index (χ0n) is 19.0. The maximum Gasteiger partial charge on any atom is 0.416 e. The van der Waals surface area contributed by atoms with Gasteiger partial charge in [0.2, 0.25) is 0 Å². The minimum absolute atomic E-state index is 0.214. The molecule has 1 aromatic carbocycles. The van der Waals surface area contributed by atoms with Crippen molar-refractivity contribution < 1.29 is 21.6 Å². The number of aromatic nitrogens is 1. The summed E-state index contributed by atoms with van der Waals surface area (Å²) in [4.78, 5) is 8.16. The molecule has 2 aliphatic heterocycles. The molecule has 0 radical (unpaired) electrons. The summed E-state index contributed by atoms with van der Waals surface area (Å²) in [5.74, 6) is 1.75. The number of halogens is 3. The van der Waals surface area contributed by atoms with Crippen molar-refractivity contribution >= 4 is 20.7 Å². The molecule has 0 saturated carbocycles. The van der Waals surface area contributed by atoms with Crippen LogP contribution in [0.1, 0.15) is 42.5 Å². The van der Waals surface area contributed by atoms with Crippen molar-refractivity contribution in [2.75, 3.05) is 50.8 Å². The van der Waals surface area contributed by atoms with Gasteiger partial charge in [-0.25, -0.2) is 8.42 Å². The van der Waals surface area contributed by atoms with Crippen LogP contribution in [0.25, 0.3) is 10.9 Å². The predicted octanol–water partition coefficient (Wildman–Crippen LogP) is 3.90. The molecule has 5 rings (SSSR count). The molecule has 3 heterocycles. The molecule has 1 aromatic heterocycles. The first-order valence-corrected chi connectivity index (χ1v) is 13.8. The topological polar surface area (TPSA) is 56.4 Å². The minimum atomic E-state index is -4.33. The highest BCUT2D eigenvalue weighted by molar-refractivity contribution is 7.91. The summed E-state index contributed by atoms with van der Waals surface area (Å²) < 4.78 is 63.1. The number of alkyl halides is 3. The van der Waals surface area contributed by atoms with E-state index in [1.165, 1.54) is 12.1 Å². The van der Waals surface area contributed by atoms with Crippen LogP contribution >= 0.6 is 0 Å². The molecule has 182 valence electrons. The lowest BCUT2D eigenvalue weighted by Gasteiger charge is -2.44. The first-order chi connectivity index (χ1) is 15.6. The van der Waals surface area contributed by atoms with E-state index in [4.69, 9.17) is 0 Å².